The molecule has 42 heavy (non-hydrogen) atoms. The Bertz CT molecular complexity index is 1340. The summed E-state index contributed by atoms with van der Waals surface area (Å²) in [4.78, 5) is 32.8. The molecule has 1 N–H and O–H groups in total. The highest BCUT2D eigenvalue weighted by Gasteiger charge is 2.49. The first kappa shape index (κ1) is 33.9. The minimum atomic E-state index is -1.18. The van der Waals surface area contributed by atoms with Gasteiger partial charge in [-0.05, 0) is 89.0 Å². The van der Waals surface area contributed by atoms with Gasteiger partial charge in [0.2, 0.25) is 0 Å². The number of anilines is 2. The number of carbonyl (C=O) groups excluding carboxylic acids is 2. The molecule has 1 aliphatic heterocycles. The zero-order chi connectivity index (χ0) is 32.0. The molecule has 0 bridgehead atoms. The lowest BCUT2D eigenvalue weighted by atomic mass is 9.72. The molecule has 234 valence electrons. The number of halogens is 3. The first-order chi connectivity index (χ1) is 19.0. The molecule has 2 aromatic heterocycles. The van der Waals surface area contributed by atoms with Crippen LogP contribution in [0.4, 0.5) is 20.8 Å². The SMILES string of the molecule is Cc1cc(Nc2nc(C[C@@]3(C(=O)OC(C)(C)C)CCN(C(=O)OC(C)(C)C)[C@H](C)C3)c(F)c(Cl)c2Cl)nn1C(C)(C)C. The highest BCUT2D eigenvalue weighted by Crippen LogP contribution is 2.43. The van der Waals surface area contributed by atoms with Crippen molar-refractivity contribution in [3.05, 3.63) is 33.3 Å². The van der Waals surface area contributed by atoms with Gasteiger partial charge in [-0.15, -0.1) is 0 Å². The van der Waals surface area contributed by atoms with Crippen LogP contribution < -0.4 is 5.32 Å². The highest BCUT2D eigenvalue weighted by atomic mass is 35.5. The summed E-state index contributed by atoms with van der Waals surface area (Å²) < 4.78 is 28.9. The molecule has 3 rings (SSSR count). The first-order valence-electron chi connectivity index (χ1n) is 14.1. The Morgan fingerprint density at radius 2 is 1.67 bits per heavy atom. The van der Waals surface area contributed by atoms with E-state index in [1.165, 1.54) is 0 Å². The van der Waals surface area contributed by atoms with Gasteiger partial charge in [-0.2, -0.15) is 5.10 Å². The lowest BCUT2D eigenvalue weighted by molar-refractivity contribution is -0.172. The van der Waals surface area contributed by atoms with Gasteiger partial charge in [0.1, 0.15) is 21.2 Å². The Hall–Kier alpha value is -2.59. The molecule has 3 heterocycles. The van der Waals surface area contributed by atoms with Gasteiger partial charge in [0.05, 0.1) is 16.6 Å². The molecule has 9 nitrogen and oxygen atoms in total. The fourth-order valence-corrected chi connectivity index (χ4v) is 5.52. The number of likely N-dealkylation sites (tertiary alicyclic amines) is 1. The van der Waals surface area contributed by atoms with Crippen molar-refractivity contribution in [3.8, 4) is 0 Å². The van der Waals surface area contributed by atoms with E-state index in [1.807, 2.05) is 45.4 Å². The number of ether oxygens (including phenoxy) is 2. The highest BCUT2D eigenvalue weighted by molar-refractivity contribution is 6.43. The number of piperidine rings is 1. The van der Waals surface area contributed by atoms with E-state index in [4.69, 9.17) is 32.7 Å². The molecule has 0 spiro atoms. The Kier molecular flexibility index (Phi) is 9.55. The fourth-order valence-electron chi connectivity index (χ4n) is 5.15. The smallest absolute Gasteiger partial charge is 0.410 e. The summed E-state index contributed by atoms with van der Waals surface area (Å²) in [6.07, 6.45) is -0.157. The second-order valence-electron chi connectivity index (χ2n) is 14.2. The number of amides is 1. The van der Waals surface area contributed by atoms with Crippen LogP contribution >= 0.6 is 23.2 Å². The van der Waals surface area contributed by atoms with Gasteiger partial charge in [-0.25, -0.2) is 14.2 Å². The van der Waals surface area contributed by atoms with E-state index in [0.29, 0.717) is 5.82 Å². The molecule has 1 aliphatic rings. The van der Waals surface area contributed by atoms with E-state index >= 15 is 4.39 Å². The number of esters is 1. The van der Waals surface area contributed by atoms with Crippen molar-refractivity contribution < 1.29 is 23.5 Å². The summed E-state index contributed by atoms with van der Waals surface area (Å²) in [5.41, 5.74) is -2.04. The van der Waals surface area contributed by atoms with Crippen LogP contribution in [0.25, 0.3) is 0 Å². The summed E-state index contributed by atoms with van der Waals surface area (Å²) in [6.45, 7) is 20.8. The van der Waals surface area contributed by atoms with Gasteiger partial charge in [-0.1, -0.05) is 23.2 Å². The predicted molar refractivity (Wildman–Crippen MR) is 163 cm³/mol. The molecule has 1 fully saturated rings. The number of nitrogens with one attached hydrogen (secondary N) is 1. The lowest BCUT2D eigenvalue weighted by Crippen LogP contribution is -2.54. The standard InChI is InChI=1S/C30H44Cl2FN5O4/c1-17-14-20(36-38(17)27(3,4)5)35-24-22(32)21(31)23(33)19(34-24)16-30(25(39)41-28(6,7)8)12-13-37(18(2)15-30)26(40)42-29(9,10)11/h14,18H,12-13,15-16H2,1-11H3,(H,34,35,36)/t18-,30-/m1/s1. The normalized spacial score (nSPS) is 20.0. The maximum atomic E-state index is 15.7. The van der Waals surface area contributed by atoms with E-state index < -0.39 is 40.5 Å². The molecule has 0 radical (unpaired) electrons. The summed E-state index contributed by atoms with van der Waals surface area (Å²) in [5.74, 6) is -0.720. The van der Waals surface area contributed by atoms with E-state index in [2.05, 4.69) is 15.4 Å². The van der Waals surface area contributed by atoms with Crippen molar-refractivity contribution in [1.29, 1.82) is 0 Å². The number of rotatable bonds is 5. The molecule has 1 amide bonds. The minimum Gasteiger partial charge on any atom is -0.460 e. The number of pyridine rings is 1. The lowest BCUT2D eigenvalue weighted by Gasteiger charge is -2.44. The molecule has 2 aromatic rings. The zero-order valence-electron chi connectivity index (χ0n) is 26.5. The summed E-state index contributed by atoms with van der Waals surface area (Å²) in [5, 5.41) is 7.27. The molecule has 0 unspecified atom stereocenters. The number of aromatic nitrogens is 3. The van der Waals surface area contributed by atoms with Crippen molar-refractivity contribution in [2.45, 2.75) is 118 Å². The van der Waals surface area contributed by atoms with Gasteiger partial charge in [0.15, 0.2) is 17.5 Å². The first-order valence-corrected chi connectivity index (χ1v) is 14.9. The van der Waals surface area contributed by atoms with Gasteiger partial charge in [-0.3, -0.25) is 9.48 Å². The van der Waals surface area contributed by atoms with Gasteiger partial charge < -0.3 is 19.7 Å². The second-order valence-corrected chi connectivity index (χ2v) is 14.9. The van der Waals surface area contributed by atoms with Crippen molar-refractivity contribution in [3.63, 3.8) is 0 Å². The number of hydrogen-bond acceptors (Lipinski definition) is 7. The van der Waals surface area contributed by atoms with E-state index in [1.54, 1.807) is 46.4 Å². The number of carbonyl (C=O) groups is 2. The monoisotopic (exact) mass is 627 g/mol. The van der Waals surface area contributed by atoms with Crippen LogP contribution in [0.3, 0.4) is 0 Å². The minimum absolute atomic E-state index is 0.0392. The quantitative estimate of drug-likeness (QED) is 0.337. The number of nitrogens with zero attached hydrogens (tertiary/aromatic N) is 4. The van der Waals surface area contributed by atoms with Gasteiger partial charge in [0, 0.05) is 30.8 Å². The molecule has 0 aliphatic carbocycles. The van der Waals surface area contributed by atoms with Crippen LogP contribution in [0.1, 0.15) is 93.5 Å². The molecule has 12 heteroatoms. The molecule has 2 atom stereocenters. The molecule has 0 aromatic carbocycles. The van der Waals surface area contributed by atoms with E-state index in [-0.39, 0.29) is 52.9 Å². The Morgan fingerprint density at radius 3 is 2.17 bits per heavy atom. The average Bonchev–Trinajstić information content (AvgIpc) is 3.19. The van der Waals surface area contributed by atoms with Crippen LogP contribution in [0.15, 0.2) is 6.07 Å². The van der Waals surface area contributed by atoms with Crippen LogP contribution in [-0.4, -0.2) is 55.5 Å². The summed E-state index contributed by atoms with van der Waals surface area (Å²) >= 11 is 12.8. The van der Waals surface area contributed by atoms with Crippen LogP contribution in [0.5, 0.6) is 0 Å². The van der Waals surface area contributed by atoms with Crippen LogP contribution in [-0.2, 0) is 26.2 Å². The number of aryl methyl sites for hydroxylation is 1. The molecule has 0 saturated carbocycles. The molecule has 1 saturated heterocycles. The third kappa shape index (κ3) is 7.86. The largest absolute Gasteiger partial charge is 0.460 e. The van der Waals surface area contributed by atoms with Gasteiger partial charge in [0.25, 0.3) is 0 Å². The predicted octanol–water partition coefficient (Wildman–Crippen LogP) is 7.82. The van der Waals surface area contributed by atoms with E-state index in [9.17, 15) is 9.59 Å². The van der Waals surface area contributed by atoms with Crippen LogP contribution in [0, 0.1) is 18.2 Å². The Balaban J connectivity index is 2.00. The number of hydrogen-bond donors (Lipinski definition) is 1. The third-order valence-electron chi connectivity index (χ3n) is 6.88. The second kappa shape index (κ2) is 11.8. The molecular weight excluding hydrogens is 584 g/mol. The van der Waals surface area contributed by atoms with Crippen LogP contribution in [0.2, 0.25) is 10.0 Å². The maximum absolute atomic E-state index is 15.7. The Morgan fingerprint density at radius 1 is 1.07 bits per heavy atom. The zero-order valence-corrected chi connectivity index (χ0v) is 28.1. The fraction of sp³-hybridized carbons (Fsp3) is 0.667. The third-order valence-corrected chi connectivity index (χ3v) is 7.70. The van der Waals surface area contributed by atoms with Crippen molar-refractivity contribution in [2.75, 3.05) is 11.9 Å². The Labute approximate surface area is 258 Å². The van der Waals surface area contributed by atoms with Crippen molar-refractivity contribution in [1.82, 2.24) is 19.7 Å². The van der Waals surface area contributed by atoms with Gasteiger partial charge >= 0.3 is 12.1 Å². The average molecular weight is 629 g/mol. The van der Waals surface area contributed by atoms with Crippen molar-refractivity contribution >= 4 is 46.9 Å². The van der Waals surface area contributed by atoms with Crippen molar-refractivity contribution in [2.24, 2.45) is 5.41 Å². The van der Waals surface area contributed by atoms with E-state index in [0.717, 1.165) is 5.69 Å². The summed E-state index contributed by atoms with van der Waals surface area (Å²) in [6, 6.07) is 1.44. The topological polar surface area (TPSA) is 98.6 Å². The maximum Gasteiger partial charge on any atom is 0.410 e. The molecular formula is C30H44Cl2FN5O4. The summed E-state index contributed by atoms with van der Waals surface area (Å²) in [7, 11) is 0.